The van der Waals surface area contributed by atoms with Gasteiger partial charge in [-0.2, -0.15) is 5.26 Å². The molecule has 4 rings (SSSR count). The number of carbonyl (C=O) groups excluding carboxylic acids is 2. The van der Waals surface area contributed by atoms with Crippen molar-refractivity contribution in [1.82, 2.24) is 9.80 Å². The van der Waals surface area contributed by atoms with E-state index in [-0.39, 0.29) is 42.5 Å². The maximum Gasteiger partial charge on any atom is 0.257 e. The van der Waals surface area contributed by atoms with Crippen LogP contribution in [0.3, 0.4) is 0 Å². The smallest absolute Gasteiger partial charge is 0.257 e. The molecule has 2 aliphatic heterocycles. The standard InChI is InChI=1S/C29H35N3O5/c1-31-19-26-25(35-3)13-12-23(37-26)14-15-36-28-21(17-30)10-7-11-24(28)29(34)32(2)18-22(16-27(31)33)20-8-5-4-6-9-20/h4-11,22-23,25-26H,12-16,18-19H2,1-3H3/t22-,23-,25-,26-/m0/s1. The Bertz CT molecular complexity index is 1130. The first kappa shape index (κ1) is 26.6. The van der Waals surface area contributed by atoms with Crippen LogP contribution in [0.1, 0.15) is 53.1 Å². The number of ether oxygens (including phenoxy) is 3. The van der Waals surface area contributed by atoms with Gasteiger partial charge in [0.25, 0.3) is 5.91 Å². The summed E-state index contributed by atoms with van der Waals surface area (Å²) in [5, 5.41) is 9.69. The van der Waals surface area contributed by atoms with E-state index in [0.29, 0.717) is 43.0 Å². The summed E-state index contributed by atoms with van der Waals surface area (Å²) in [7, 11) is 5.20. The van der Waals surface area contributed by atoms with Crippen molar-refractivity contribution in [3.8, 4) is 11.8 Å². The van der Waals surface area contributed by atoms with Gasteiger partial charge in [0.2, 0.25) is 5.91 Å². The van der Waals surface area contributed by atoms with Crippen molar-refractivity contribution < 1.29 is 23.8 Å². The highest BCUT2D eigenvalue weighted by atomic mass is 16.5. The van der Waals surface area contributed by atoms with Gasteiger partial charge in [-0.25, -0.2) is 0 Å². The molecular weight excluding hydrogens is 470 g/mol. The molecule has 8 heteroatoms. The van der Waals surface area contributed by atoms with Crippen molar-refractivity contribution >= 4 is 11.8 Å². The Labute approximate surface area is 218 Å². The van der Waals surface area contributed by atoms with Gasteiger partial charge in [-0.15, -0.1) is 0 Å². The first-order valence-corrected chi connectivity index (χ1v) is 12.8. The quantitative estimate of drug-likeness (QED) is 0.619. The Balaban J connectivity index is 1.69. The lowest BCUT2D eigenvalue weighted by molar-refractivity contribution is -0.150. The van der Waals surface area contributed by atoms with Gasteiger partial charge in [0.15, 0.2) is 0 Å². The van der Waals surface area contributed by atoms with Gasteiger partial charge in [-0.3, -0.25) is 9.59 Å². The largest absolute Gasteiger partial charge is 0.491 e. The van der Waals surface area contributed by atoms with Crippen LogP contribution < -0.4 is 4.74 Å². The predicted octanol–water partition coefficient (Wildman–Crippen LogP) is 3.61. The fourth-order valence-electron chi connectivity index (χ4n) is 5.19. The molecule has 2 amide bonds. The monoisotopic (exact) mass is 505 g/mol. The molecule has 1 saturated heterocycles. The van der Waals surface area contributed by atoms with Crippen LogP contribution in [-0.4, -0.2) is 80.8 Å². The first-order valence-electron chi connectivity index (χ1n) is 12.8. The molecule has 1 fully saturated rings. The molecule has 0 aromatic heterocycles. The zero-order chi connectivity index (χ0) is 26.4. The minimum absolute atomic E-state index is 0.0159. The van der Waals surface area contributed by atoms with Crippen LogP contribution in [0.4, 0.5) is 0 Å². The number of amides is 2. The molecule has 2 aromatic carbocycles. The van der Waals surface area contributed by atoms with E-state index >= 15 is 0 Å². The number of benzene rings is 2. The number of likely N-dealkylation sites (N-methyl/N-ethyl adjacent to an activating group) is 2. The van der Waals surface area contributed by atoms with Crippen molar-refractivity contribution in [3.05, 3.63) is 65.2 Å². The number of fused-ring (bicyclic) bond motifs is 3. The molecule has 2 bridgehead atoms. The van der Waals surface area contributed by atoms with E-state index < -0.39 is 0 Å². The molecule has 0 unspecified atom stereocenters. The molecular formula is C29H35N3O5. The topological polar surface area (TPSA) is 92.1 Å². The highest BCUT2D eigenvalue weighted by molar-refractivity contribution is 5.97. The number of hydrogen-bond acceptors (Lipinski definition) is 6. The van der Waals surface area contributed by atoms with Crippen LogP contribution in [0.5, 0.6) is 5.75 Å². The molecule has 8 nitrogen and oxygen atoms in total. The molecule has 0 aliphatic carbocycles. The molecule has 2 heterocycles. The van der Waals surface area contributed by atoms with Crippen molar-refractivity contribution in [2.45, 2.75) is 49.9 Å². The number of nitriles is 1. The third-order valence-electron chi connectivity index (χ3n) is 7.32. The Morgan fingerprint density at radius 1 is 0.973 bits per heavy atom. The van der Waals surface area contributed by atoms with Crippen molar-refractivity contribution in [3.63, 3.8) is 0 Å². The lowest BCUT2D eigenvalue weighted by atomic mass is 9.93. The van der Waals surface area contributed by atoms with Crippen molar-refractivity contribution in [1.29, 1.82) is 5.26 Å². The van der Waals surface area contributed by atoms with Gasteiger partial charge in [0, 0.05) is 53.1 Å². The Hall–Kier alpha value is -3.41. The highest BCUT2D eigenvalue weighted by Gasteiger charge is 2.34. The first-order chi connectivity index (χ1) is 17.9. The van der Waals surface area contributed by atoms with Gasteiger partial charge in [-0.1, -0.05) is 36.4 Å². The van der Waals surface area contributed by atoms with E-state index in [1.807, 2.05) is 30.3 Å². The number of hydrogen-bond donors (Lipinski definition) is 0. The summed E-state index contributed by atoms with van der Waals surface area (Å²) in [6.07, 6.45) is 2.07. The normalized spacial score (nSPS) is 25.7. The third-order valence-corrected chi connectivity index (χ3v) is 7.32. The molecule has 0 N–H and O–H groups in total. The summed E-state index contributed by atoms with van der Waals surface area (Å²) >= 11 is 0. The van der Waals surface area contributed by atoms with Crippen LogP contribution in [0, 0.1) is 11.3 Å². The molecule has 0 radical (unpaired) electrons. The summed E-state index contributed by atoms with van der Waals surface area (Å²) in [5.41, 5.74) is 1.64. The summed E-state index contributed by atoms with van der Waals surface area (Å²) < 4.78 is 18.1. The Kier molecular flexibility index (Phi) is 8.80. The average Bonchev–Trinajstić information content (AvgIpc) is 2.92. The van der Waals surface area contributed by atoms with E-state index in [9.17, 15) is 14.9 Å². The highest BCUT2D eigenvalue weighted by Crippen LogP contribution is 2.30. The van der Waals surface area contributed by atoms with Gasteiger partial charge < -0.3 is 24.0 Å². The summed E-state index contributed by atoms with van der Waals surface area (Å²) in [5.74, 6) is -0.182. The van der Waals surface area contributed by atoms with E-state index in [2.05, 4.69) is 6.07 Å². The molecule has 0 saturated carbocycles. The second kappa shape index (κ2) is 12.2. The van der Waals surface area contributed by atoms with Crippen LogP contribution >= 0.6 is 0 Å². The Morgan fingerprint density at radius 3 is 2.49 bits per heavy atom. The fourth-order valence-corrected chi connectivity index (χ4v) is 5.19. The molecule has 196 valence electrons. The molecule has 4 atom stereocenters. The van der Waals surface area contributed by atoms with Crippen LogP contribution in [-0.2, 0) is 14.3 Å². The minimum Gasteiger partial charge on any atom is -0.491 e. The van der Waals surface area contributed by atoms with E-state index in [1.165, 1.54) is 0 Å². The third kappa shape index (κ3) is 6.30. The molecule has 2 aliphatic rings. The zero-order valence-corrected chi connectivity index (χ0v) is 21.8. The predicted molar refractivity (Wildman–Crippen MR) is 138 cm³/mol. The summed E-state index contributed by atoms with van der Waals surface area (Å²) in [6.45, 7) is 1.06. The summed E-state index contributed by atoms with van der Waals surface area (Å²) in [4.78, 5) is 30.3. The van der Waals surface area contributed by atoms with Gasteiger partial charge >= 0.3 is 0 Å². The van der Waals surface area contributed by atoms with Crippen LogP contribution in [0.2, 0.25) is 0 Å². The second-order valence-electron chi connectivity index (χ2n) is 9.85. The van der Waals surface area contributed by atoms with Crippen LogP contribution in [0.15, 0.2) is 48.5 Å². The lowest BCUT2D eigenvalue weighted by Crippen LogP contribution is -2.48. The van der Waals surface area contributed by atoms with Gasteiger partial charge in [0.1, 0.15) is 17.9 Å². The molecule has 0 spiro atoms. The minimum atomic E-state index is -0.252. The number of para-hydroxylation sites is 1. The Morgan fingerprint density at radius 2 is 1.76 bits per heavy atom. The van der Waals surface area contributed by atoms with E-state index in [4.69, 9.17) is 14.2 Å². The lowest BCUT2D eigenvalue weighted by Gasteiger charge is -2.38. The van der Waals surface area contributed by atoms with E-state index in [0.717, 1.165) is 18.4 Å². The number of nitrogens with zero attached hydrogens (tertiary/aromatic N) is 3. The average molecular weight is 506 g/mol. The SMILES string of the molecule is CO[C@H]1CC[C@H]2CCOc3c(C#N)cccc3C(=O)N(C)C[C@@H](c3ccccc3)CC(=O)N(C)C[C@@H]1O2. The van der Waals surface area contributed by atoms with Crippen molar-refractivity contribution in [2.75, 3.05) is 40.9 Å². The van der Waals surface area contributed by atoms with Gasteiger partial charge in [0.05, 0.1) is 29.9 Å². The summed E-state index contributed by atoms with van der Waals surface area (Å²) in [6, 6.07) is 17.0. The number of methoxy groups -OCH3 is 1. The number of rotatable bonds is 2. The molecule has 2 aromatic rings. The fraction of sp³-hybridized carbons (Fsp3) is 0.483. The van der Waals surface area contributed by atoms with Gasteiger partial charge in [-0.05, 0) is 30.5 Å². The maximum absolute atomic E-state index is 13.6. The zero-order valence-electron chi connectivity index (χ0n) is 21.8. The van der Waals surface area contributed by atoms with E-state index in [1.54, 1.807) is 49.2 Å². The second-order valence-corrected chi connectivity index (χ2v) is 9.85. The maximum atomic E-state index is 13.6. The van der Waals surface area contributed by atoms with Crippen LogP contribution in [0.25, 0.3) is 0 Å². The number of carbonyl (C=O) groups is 2. The molecule has 37 heavy (non-hydrogen) atoms. The van der Waals surface area contributed by atoms with Crippen molar-refractivity contribution in [2.24, 2.45) is 0 Å².